The van der Waals surface area contributed by atoms with E-state index in [1.165, 1.54) is 44.2 Å². The molecule has 0 aliphatic heterocycles. The number of aromatic hydroxyl groups is 1. The molecule has 1 fully saturated rings. The molecule has 2 nitrogen and oxygen atoms in total. The minimum absolute atomic E-state index is 0.335. The molecular weight excluding hydrogens is 272 g/mol. The van der Waals surface area contributed by atoms with E-state index in [2.05, 4.69) is 19.2 Å². The topological polar surface area (TPSA) is 32.3 Å². The van der Waals surface area contributed by atoms with E-state index in [0.717, 1.165) is 6.54 Å². The Morgan fingerprint density at radius 1 is 1.19 bits per heavy atom. The summed E-state index contributed by atoms with van der Waals surface area (Å²) < 4.78 is 26.6. The quantitative estimate of drug-likeness (QED) is 0.817. The van der Waals surface area contributed by atoms with E-state index in [4.69, 9.17) is 5.11 Å². The lowest BCUT2D eigenvalue weighted by molar-refractivity contribution is 0.223. The smallest absolute Gasteiger partial charge is 0.187 e. The Bertz CT molecular complexity index is 459. The normalized spacial score (nSPS) is 17.6. The second-order valence-corrected chi connectivity index (χ2v) is 6.82. The average molecular weight is 297 g/mol. The van der Waals surface area contributed by atoms with E-state index in [1.807, 2.05) is 0 Å². The second kappa shape index (κ2) is 6.73. The number of nitrogens with one attached hydrogen (secondary N) is 1. The fourth-order valence-corrected chi connectivity index (χ4v) is 3.64. The molecular formula is C17H25F2NO. The van der Waals surface area contributed by atoms with Gasteiger partial charge >= 0.3 is 0 Å². The standard InChI is InChI=1S/C17H25F2NO/c1-12(2)9-17(5-3-4-6-17)11-20-10-13-7-14(18)16(21)15(19)8-13/h7-8,12,20-21H,3-6,9-11H2,1-2H3. The van der Waals surface area contributed by atoms with Gasteiger partial charge in [0.1, 0.15) is 0 Å². The number of phenolic OH excluding ortho intramolecular Hbond substituents is 1. The molecule has 0 bridgehead atoms. The summed E-state index contributed by atoms with van der Waals surface area (Å²) in [6.45, 7) is 5.79. The van der Waals surface area contributed by atoms with E-state index in [-0.39, 0.29) is 0 Å². The third-order valence-electron chi connectivity index (χ3n) is 4.41. The van der Waals surface area contributed by atoms with Gasteiger partial charge in [-0.2, -0.15) is 0 Å². The van der Waals surface area contributed by atoms with E-state index >= 15 is 0 Å². The highest BCUT2D eigenvalue weighted by Gasteiger charge is 2.33. The van der Waals surface area contributed by atoms with Gasteiger partial charge in [0.2, 0.25) is 0 Å². The van der Waals surface area contributed by atoms with Gasteiger partial charge in [-0.15, -0.1) is 0 Å². The molecule has 21 heavy (non-hydrogen) atoms. The van der Waals surface area contributed by atoms with Crippen molar-refractivity contribution in [2.24, 2.45) is 11.3 Å². The third kappa shape index (κ3) is 4.16. The van der Waals surface area contributed by atoms with Crippen LogP contribution in [0.25, 0.3) is 0 Å². The second-order valence-electron chi connectivity index (χ2n) is 6.82. The van der Waals surface area contributed by atoms with Gasteiger partial charge in [-0.1, -0.05) is 26.7 Å². The molecule has 0 spiro atoms. The van der Waals surface area contributed by atoms with Crippen LogP contribution < -0.4 is 5.32 Å². The van der Waals surface area contributed by atoms with Crippen molar-refractivity contribution in [1.29, 1.82) is 0 Å². The number of rotatable bonds is 6. The van der Waals surface area contributed by atoms with Gasteiger partial charge in [0.25, 0.3) is 0 Å². The molecule has 0 aromatic heterocycles. The first-order valence-corrected chi connectivity index (χ1v) is 7.79. The minimum Gasteiger partial charge on any atom is -0.503 e. The van der Waals surface area contributed by atoms with E-state index in [1.54, 1.807) is 0 Å². The average Bonchev–Trinajstić information content (AvgIpc) is 2.83. The van der Waals surface area contributed by atoms with E-state index in [0.29, 0.717) is 23.4 Å². The molecule has 1 aromatic carbocycles. The maximum Gasteiger partial charge on any atom is 0.187 e. The van der Waals surface area contributed by atoms with Crippen LogP contribution in [0.1, 0.15) is 51.5 Å². The molecule has 118 valence electrons. The molecule has 0 atom stereocenters. The van der Waals surface area contributed by atoms with Crippen molar-refractivity contribution in [3.05, 3.63) is 29.3 Å². The Hall–Kier alpha value is -1.16. The van der Waals surface area contributed by atoms with Gasteiger partial charge in [0, 0.05) is 13.1 Å². The summed E-state index contributed by atoms with van der Waals surface area (Å²) in [4.78, 5) is 0. The predicted molar refractivity (Wildman–Crippen MR) is 80.1 cm³/mol. The van der Waals surface area contributed by atoms with Crippen LogP contribution in [0.15, 0.2) is 12.1 Å². The van der Waals surface area contributed by atoms with Crippen molar-refractivity contribution in [2.45, 2.75) is 52.5 Å². The number of halogens is 2. The maximum atomic E-state index is 13.3. The first-order valence-electron chi connectivity index (χ1n) is 7.79. The highest BCUT2D eigenvalue weighted by atomic mass is 19.1. The lowest BCUT2D eigenvalue weighted by Crippen LogP contribution is -2.33. The van der Waals surface area contributed by atoms with Gasteiger partial charge in [-0.05, 0) is 48.3 Å². The lowest BCUT2D eigenvalue weighted by Gasteiger charge is -2.31. The summed E-state index contributed by atoms with van der Waals surface area (Å²) in [7, 11) is 0. The Balaban J connectivity index is 1.93. The molecule has 1 aliphatic carbocycles. The molecule has 1 aromatic rings. The maximum absolute atomic E-state index is 13.3. The van der Waals surface area contributed by atoms with Crippen LogP contribution in [-0.4, -0.2) is 11.7 Å². The summed E-state index contributed by atoms with van der Waals surface area (Å²) in [6.07, 6.45) is 6.21. The molecule has 0 unspecified atom stereocenters. The lowest BCUT2D eigenvalue weighted by atomic mass is 9.78. The Kier molecular flexibility index (Phi) is 5.20. The van der Waals surface area contributed by atoms with Gasteiger partial charge < -0.3 is 10.4 Å². The van der Waals surface area contributed by atoms with Crippen molar-refractivity contribution >= 4 is 0 Å². The zero-order chi connectivity index (χ0) is 15.5. The fraction of sp³-hybridized carbons (Fsp3) is 0.647. The van der Waals surface area contributed by atoms with Gasteiger partial charge in [0.05, 0.1) is 0 Å². The van der Waals surface area contributed by atoms with Crippen LogP contribution >= 0.6 is 0 Å². The summed E-state index contributed by atoms with van der Waals surface area (Å²) in [6, 6.07) is 2.38. The number of phenols is 1. The summed E-state index contributed by atoms with van der Waals surface area (Å²) in [5, 5.41) is 12.4. The molecule has 2 rings (SSSR count). The van der Waals surface area contributed by atoms with Crippen LogP contribution in [0.2, 0.25) is 0 Å². The van der Waals surface area contributed by atoms with Crippen LogP contribution in [0, 0.1) is 23.0 Å². The monoisotopic (exact) mass is 297 g/mol. The predicted octanol–water partition coefficient (Wildman–Crippen LogP) is 4.37. The molecule has 0 amide bonds. The van der Waals surface area contributed by atoms with Crippen LogP contribution in [0.4, 0.5) is 8.78 Å². The van der Waals surface area contributed by atoms with Crippen LogP contribution in [-0.2, 0) is 6.54 Å². The number of hydrogen-bond acceptors (Lipinski definition) is 2. The number of hydrogen-bond donors (Lipinski definition) is 2. The highest BCUT2D eigenvalue weighted by Crippen LogP contribution is 2.42. The third-order valence-corrected chi connectivity index (χ3v) is 4.41. The molecule has 0 heterocycles. The minimum atomic E-state index is -0.899. The largest absolute Gasteiger partial charge is 0.503 e. The zero-order valence-corrected chi connectivity index (χ0v) is 12.9. The highest BCUT2D eigenvalue weighted by molar-refractivity contribution is 5.29. The van der Waals surface area contributed by atoms with E-state index in [9.17, 15) is 8.78 Å². The van der Waals surface area contributed by atoms with Crippen molar-refractivity contribution in [3.8, 4) is 5.75 Å². The zero-order valence-electron chi connectivity index (χ0n) is 12.9. The van der Waals surface area contributed by atoms with Crippen molar-refractivity contribution in [1.82, 2.24) is 5.32 Å². The van der Waals surface area contributed by atoms with Gasteiger partial charge in [0.15, 0.2) is 17.4 Å². The molecule has 0 radical (unpaired) electrons. The van der Waals surface area contributed by atoms with Crippen LogP contribution in [0.5, 0.6) is 5.75 Å². The van der Waals surface area contributed by atoms with Crippen molar-refractivity contribution in [3.63, 3.8) is 0 Å². The molecule has 1 aliphatic rings. The first kappa shape index (κ1) is 16.2. The summed E-state index contributed by atoms with van der Waals surface area (Å²) >= 11 is 0. The van der Waals surface area contributed by atoms with Gasteiger partial charge in [-0.3, -0.25) is 0 Å². The molecule has 2 N–H and O–H groups in total. The SMILES string of the molecule is CC(C)CC1(CNCc2cc(F)c(O)c(F)c2)CCCC1. The van der Waals surface area contributed by atoms with Crippen molar-refractivity contribution in [2.75, 3.05) is 6.54 Å². The van der Waals surface area contributed by atoms with Crippen LogP contribution in [0.3, 0.4) is 0 Å². The molecule has 4 heteroatoms. The van der Waals surface area contributed by atoms with E-state index < -0.39 is 17.4 Å². The van der Waals surface area contributed by atoms with Gasteiger partial charge in [-0.25, -0.2) is 8.78 Å². The Labute approximate surface area is 125 Å². The molecule has 1 saturated carbocycles. The molecule has 0 saturated heterocycles. The summed E-state index contributed by atoms with van der Waals surface area (Å²) in [5.41, 5.74) is 0.864. The van der Waals surface area contributed by atoms with Crippen molar-refractivity contribution < 1.29 is 13.9 Å². The Morgan fingerprint density at radius 2 is 1.76 bits per heavy atom. The fourth-order valence-electron chi connectivity index (χ4n) is 3.64. The first-order chi connectivity index (χ1) is 9.92. The number of benzene rings is 1. The Morgan fingerprint density at radius 3 is 2.29 bits per heavy atom. The summed E-state index contributed by atoms with van der Waals surface area (Å²) in [5.74, 6) is -2.03.